The van der Waals surface area contributed by atoms with Gasteiger partial charge in [-0.15, -0.1) is 0 Å². The second kappa shape index (κ2) is 4.64. The third-order valence-electron chi connectivity index (χ3n) is 3.08. The minimum Gasteiger partial charge on any atom is -0.370 e. The standard InChI is InChI=1S/C14H16N4/c15-14(18-11-5-6-11)17-9-13-12-4-2-1-3-10(12)7-8-16-13/h1-4,7-8,11H,5-6,9H2,(H3,15,17,18). The lowest BCUT2D eigenvalue weighted by Crippen LogP contribution is -2.33. The third-order valence-corrected chi connectivity index (χ3v) is 3.08. The van der Waals surface area contributed by atoms with Crippen LogP contribution in [-0.4, -0.2) is 17.0 Å². The Morgan fingerprint density at radius 1 is 1.33 bits per heavy atom. The van der Waals surface area contributed by atoms with Gasteiger partial charge >= 0.3 is 0 Å². The van der Waals surface area contributed by atoms with Gasteiger partial charge in [0.2, 0.25) is 0 Å². The Morgan fingerprint density at radius 2 is 2.17 bits per heavy atom. The van der Waals surface area contributed by atoms with Gasteiger partial charge in [0.25, 0.3) is 0 Å². The number of benzene rings is 1. The zero-order valence-electron chi connectivity index (χ0n) is 10.1. The Morgan fingerprint density at radius 3 is 3.00 bits per heavy atom. The maximum Gasteiger partial charge on any atom is 0.189 e. The van der Waals surface area contributed by atoms with Crippen LogP contribution in [-0.2, 0) is 6.54 Å². The van der Waals surface area contributed by atoms with E-state index < -0.39 is 0 Å². The van der Waals surface area contributed by atoms with Crippen LogP contribution >= 0.6 is 0 Å². The lowest BCUT2D eigenvalue weighted by Gasteiger charge is -2.05. The summed E-state index contributed by atoms with van der Waals surface area (Å²) in [5.41, 5.74) is 6.78. The predicted molar refractivity (Wildman–Crippen MR) is 73.2 cm³/mol. The summed E-state index contributed by atoms with van der Waals surface area (Å²) in [7, 11) is 0. The molecule has 0 spiro atoms. The Kier molecular flexibility index (Phi) is 2.84. The molecular formula is C14H16N4. The van der Waals surface area contributed by atoms with Gasteiger partial charge in [-0.1, -0.05) is 24.3 Å². The highest BCUT2D eigenvalue weighted by molar-refractivity contribution is 5.84. The molecule has 1 aliphatic rings. The maximum absolute atomic E-state index is 5.82. The van der Waals surface area contributed by atoms with Crippen molar-refractivity contribution < 1.29 is 0 Å². The summed E-state index contributed by atoms with van der Waals surface area (Å²) >= 11 is 0. The zero-order valence-corrected chi connectivity index (χ0v) is 10.1. The van der Waals surface area contributed by atoms with Gasteiger partial charge in [0.15, 0.2) is 5.96 Å². The predicted octanol–water partition coefficient (Wildman–Crippen LogP) is 1.80. The van der Waals surface area contributed by atoms with E-state index in [0.29, 0.717) is 18.5 Å². The van der Waals surface area contributed by atoms with E-state index >= 15 is 0 Å². The molecule has 0 amide bonds. The molecule has 3 rings (SSSR count). The normalized spacial score (nSPS) is 15.9. The number of fused-ring (bicyclic) bond motifs is 1. The van der Waals surface area contributed by atoms with Gasteiger partial charge in [-0.2, -0.15) is 0 Å². The minimum atomic E-state index is 0.521. The fourth-order valence-corrected chi connectivity index (χ4v) is 1.95. The van der Waals surface area contributed by atoms with Crippen molar-refractivity contribution in [2.75, 3.05) is 0 Å². The number of nitrogens with one attached hydrogen (secondary N) is 1. The van der Waals surface area contributed by atoms with Crippen LogP contribution in [0, 0.1) is 0 Å². The summed E-state index contributed by atoms with van der Waals surface area (Å²) in [4.78, 5) is 8.73. The van der Waals surface area contributed by atoms with E-state index in [4.69, 9.17) is 5.73 Å². The number of hydrogen-bond acceptors (Lipinski definition) is 2. The zero-order chi connectivity index (χ0) is 12.4. The summed E-state index contributed by atoms with van der Waals surface area (Å²) in [6.07, 6.45) is 4.21. The molecule has 4 heteroatoms. The van der Waals surface area contributed by atoms with Crippen LogP contribution < -0.4 is 11.1 Å². The van der Waals surface area contributed by atoms with Crippen molar-refractivity contribution in [1.29, 1.82) is 0 Å². The van der Waals surface area contributed by atoms with Crippen LogP contribution in [0.1, 0.15) is 18.5 Å². The van der Waals surface area contributed by atoms with Crippen LogP contribution in [0.5, 0.6) is 0 Å². The highest BCUT2D eigenvalue weighted by Gasteiger charge is 2.21. The lowest BCUT2D eigenvalue weighted by atomic mass is 10.1. The number of guanidine groups is 1. The lowest BCUT2D eigenvalue weighted by molar-refractivity contribution is 0.874. The summed E-state index contributed by atoms with van der Waals surface area (Å²) in [6, 6.07) is 10.7. The molecule has 1 fully saturated rings. The van der Waals surface area contributed by atoms with Crippen LogP contribution in [0.15, 0.2) is 41.5 Å². The molecule has 0 bridgehead atoms. The van der Waals surface area contributed by atoms with Crippen molar-refractivity contribution in [2.45, 2.75) is 25.4 Å². The van der Waals surface area contributed by atoms with Crippen molar-refractivity contribution in [1.82, 2.24) is 10.3 Å². The summed E-state index contributed by atoms with van der Waals surface area (Å²) in [6.45, 7) is 0.521. The van der Waals surface area contributed by atoms with Gasteiger partial charge in [-0.3, -0.25) is 4.98 Å². The highest BCUT2D eigenvalue weighted by atomic mass is 15.1. The first-order chi connectivity index (χ1) is 8.83. The van der Waals surface area contributed by atoms with Crippen LogP contribution in [0.25, 0.3) is 10.8 Å². The fraction of sp³-hybridized carbons (Fsp3) is 0.286. The minimum absolute atomic E-state index is 0.521. The molecule has 1 aliphatic carbocycles. The van der Waals surface area contributed by atoms with Gasteiger partial charge in [0.05, 0.1) is 12.2 Å². The molecule has 1 heterocycles. The monoisotopic (exact) mass is 240 g/mol. The van der Waals surface area contributed by atoms with E-state index in [9.17, 15) is 0 Å². The molecule has 2 aromatic rings. The Labute approximate surface area is 106 Å². The number of pyridine rings is 1. The van der Waals surface area contributed by atoms with Crippen LogP contribution in [0.4, 0.5) is 0 Å². The summed E-state index contributed by atoms with van der Waals surface area (Å²) in [5, 5.41) is 5.50. The van der Waals surface area contributed by atoms with E-state index in [2.05, 4.69) is 27.4 Å². The largest absolute Gasteiger partial charge is 0.370 e. The topological polar surface area (TPSA) is 63.3 Å². The SMILES string of the molecule is NC(=NCc1nccc2ccccc12)NC1CC1. The van der Waals surface area contributed by atoms with Crippen molar-refractivity contribution in [2.24, 2.45) is 10.7 Å². The maximum atomic E-state index is 5.82. The first kappa shape index (κ1) is 11.0. The number of nitrogens with zero attached hydrogens (tertiary/aromatic N) is 2. The average Bonchev–Trinajstić information content (AvgIpc) is 3.20. The van der Waals surface area contributed by atoms with Crippen molar-refractivity contribution in [3.63, 3.8) is 0 Å². The molecule has 1 aromatic carbocycles. The van der Waals surface area contributed by atoms with Crippen molar-refractivity contribution >= 4 is 16.7 Å². The number of hydrogen-bond donors (Lipinski definition) is 2. The number of nitrogens with two attached hydrogens (primary N) is 1. The quantitative estimate of drug-likeness (QED) is 0.635. The molecule has 1 aromatic heterocycles. The smallest absolute Gasteiger partial charge is 0.189 e. The average molecular weight is 240 g/mol. The van der Waals surface area contributed by atoms with E-state index in [1.807, 2.05) is 24.4 Å². The molecule has 4 nitrogen and oxygen atoms in total. The summed E-state index contributed by atoms with van der Waals surface area (Å²) < 4.78 is 0. The van der Waals surface area contributed by atoms with Gasteiger partial charge in [0, 0.05) is 17.6 Å². The molecule has 0 saturated heterocycles. The Hall–Kier alpha value is -2.10. The molecule has 92 valence electrons. The molecule has 0 radical (unpaired) electrons. The molecule has 18 heavy (non-hydrogen) atoms. The van der Waals surface area contributed by atoms with E-state index in [1.165, 1.54) is 18.2 Å². The number of aliphatic imine (C=N–C) groups is 1. The summed E-state index contributed by atoms with van der Waals surface area (Å²) in [5.74, 6) is 0.521. The van der Waals surface area contributed by atoms with Gasteiger partial charge in [0.1, 0.15) is 0 Å². The Bertz CT molecular complexity index is 582. The van der Waals surface area contributed by atoms with E-state index in [0.717, 1.165) is 11.1 Å². The van der Waals surface area contributed by atoms with Crippen LogP contribution in [0.3, 0.4) is 0 Å². The van der Waals surface area contributed by atoms with Crippen LogP contribution in [0.2, 0.25) is 0 Å². The number of aromatic nitrogens is 1. The molecule has 0 unspecified atom stereocenters. The third kappa shape index (κ3) is 2.42. The van der Waals surface area contributed by atoms with Crippen molar-refractivity contribution in [3.8, 4) is 0 Å². The molecule has 0 atom stereocenters. The molecule has 1 saturated carbocycles. The number of rotatable bonds is 3. The molecular weight excluding hydrogens is 224 g/mol. The highest BCUT2D eigenvalue weighted by Crippen LogP contribution is 2.19. The first-order valence-electron chi connectivity index (χ1n) is 6.22. The van der Waals surface area contributed by atoms with Gasteiger partial charge < -0.3 is 11.1 Å². The van der Waals surface area contributed by atoms with Crippen molar-refractivity contribution in [3.05, 3.63) is 42.2 Å². The van der Waals surface area contributed by atoms with E-state index in [-0.39, 0.29) is 0 Å². The second-order valence-electron chi connectivity index (χ2n) is 4.60. The van der Waals surface area contributed by atoms with Gasteiger partial charge in [-0.25, -0.2) is 4.99 Å². The Balaban J connectivity index is 1.81. The van der Waals surface area contributed by atoms with Gasteiger partial charge in [-0.05, 0) is 24.3 Å². The second-order valence-corrected chi connectivity index (χ2v) is 4.60. The molecule has 0 aliphatic heterocycles. The fourth-order valence-electron chi connectivity index (χ4n) is 1.95. The van der Waals surface area contributed by atoms with E-state index in [1.54, 1.807) is 0 Å². The molecule has 3 N–H and O–H groups in total. The first-order valence-corrected chi connectivity index (χ1v) is 6.22.